The maximum atomic E-state index is 12.3. The van der Waals surface area contributed by atoms with Crippen LogP contribution in [0.3, 0.4) is 0 Å². The molecule has 0 aromatic heterocycles. The molecule has 0 aliphatic rings. The molecule has 0 spiro atoms. The van der Waals surface area contributed by atoms with Crippen LogP contribution in [-0.2, 0) is 16.0 Å². The summed E-state index contributed by atoms with van der Waals surface area (Å²) >= 11 is 0. The number of esters is 1. The second-order valence-corrected chi connectivity index (χ2v) is 6.28. The molecule has 2 aromatic rings. The van der Waals surface area contributed by atoms with Crippen LogP contribution in [0.15, 0.2) is 48.5 Å². The number of carbonyl (C=O) groups is 2. The number of anilines is 1. The molecule has 0 saturated heterocycles. The van der Waals surface area contributed by atoms with E-state index in [1.165, 1.54) is 0 Å². The summed E-state index contributed by atoms with van der Waals surface area (Å²) in [7, 11) is 0. The van der Waals surface area contributed by atoms with E-state index in [1.807, 2.05) is 24.3 Å². The van der Waals surface area contributed by atoms with Crippen molar-refractivity contribution in [2.75, 3.05) is 5.32 Å². The molecule has 0 aliphatic carbocycles. The van der Waals surface area contributed by atoms with Crippen LogP contribution in [0.25, 0.3) is 0 Å². The maximum absolute atomic E-state index is 12.3. The van der Waals surface area contributed by atoms with Crippen LogP contribution in [-0.4, -0.2) is 24.1 Å². The van der Waals surface area contributed by atoms with Crippen molar-refractivity contribution in [3.8, 4) is 5.75 Å². The van der Waals surface area contributed by atoms with Gasteiger partial charge in [-0.1, -0.05) is 19.1 Å². The molecule has 0 heterocycles. The Morgan fingerprint density at radius 3 is 2.35 bits per heavy atom. The van der Waals surface area contributed by atoms with Gasteiger partial charge in [0.25, 0.3) is 5.91 Å². The molecule has 0 radical (unpaired) electrons. The summed E-state index contributed by atoms with van der Waals surface area (Å²) in [5, 5.41) is 2.78. The highest BCUT2D eigenvalue weighted by Crippen LogP contribution is 2.17. The quantitative estimate of drug-likeness (QED) is 0.755. The number of hydrogen-bond acceptors (Lipinski definition) is 4. The predicted molar refractivity (Wildman–Crippen MR) is 102 cm³/mol. The van der Waals surface area contributed by atoms with Crippen LogP contribution in [0.2, 0.25) is 0 Å². The summed E-state index contributed by atoms with van der Waals surface area (Å²) in [5.74, 6) is 0.0218. The van der Waals surface area contributed by atoms with Crippen LogP contribution < -0.4 is 10.1 Å². The Kier molecular flexibility index (Phi) is 6.78. The van der Waals surface area contributed by atoms with Gasteiger partial charge in [-0.05, 0) is 69.2 Å². The summed E-state index contributed by atoms with van der Waals surface area (Å²) in [6.45, 7) is 7.35. The molecule has 1 amide bonds. The first kappa shape index (κ1) is 19.5. The Morgan fingerprint density at radius 2 is 1.73 bits per heavy atom. The number of hydrogen-bond donors (Lipinski definition) is 1. The van der Waals surface area contributed by atoms with E-state index in [2.05, 4.69) is 12.2 Å². The minimum absolute atomic E-state index is 0.175. The van der Waals surface area contributed by atoms with Gasteiger partial charge in [-0.2, -0.15) is 0 Å². The minimum Gasteiger partial charge on any atom is -0.481 e. The molecule has 1 unspecified atom stereocenters. The smallest absolute Gasteiger partial charge is 0.338 e. The van der Waals surface area contributed by atoms with Crippen molar-refractivity contribution in [2.24, 2.45) is 0 Å². The Bertz CT molecular complexity index is 753. The van der Waals surface area contributed by atoms with Gasteiger partial charge in [0, 0.05) is 5.69 Å². The standard InChI is InChI=1S/C21H25NO4/c1-5-16-7-6-8-19(13-16)26-15(4)20(23)22-18-11-9-17(10-12-18)21(24)25-14(2)3/h6-15H,5H2,1-4H3,(H,22,23). The number of amides is 1. The first-order chi connectivity index (χ1) is 12.4. The van der Waals surface area contributed by atoms with Crippen molar-refractivity contribution < 1.29 is 19.1 Å². The van der Waals surface area contributed by atoms with E-state index in [0.29, 0.717) is 17.0 Å². The van der Waals surface area contributed by atoms with Gasteiger partial charge in [-0.25, -0.2) is 4.79 Å². The molecule has 26 heavy (non-hydrogen) atoms. The number of benzene rings is 2. The normalized spacial score (nSPS) is 11.7. The van der Waals surface area contributed by atoms with Gasteiger partial charge in [0.1, 0.15) is 5.75 Å². The molecule has 5 nitrogen and oxygen atoms in total. The Labute approximate surface area is 154 Å². The highest BCUT2D eigenvalue weighted by Gasteiger charge is 2.16. The van der Waals surface area contributed by atoms with Gasteiger partial charge < -0.3 is 14.8 Å². The van der Waals surface area contributed by atoms with Crippen molar-refractivity contribution in [1.82, 2.24) is 0 Å². The summed E-state index contributed by atoms with van der Waals surface area (Å²) in [4.78, 5) is 24.1. The van der Waals surface area contributed by atoms with E-state index in [4.69, 9.17) is 9.47 Å². The minimum atomic E-state index is -0.646. The van der Waals surface area contributed by atoms with Gasteiger partial charge in [0.05, 0.1) is 11.7 Å². The number of ether oxygens (including phenoxy) is 2. The topological polar surface area (TPSA) is 64.6 Å². The Balaban J connectivity index is 1.94. The molecule has 0 saturated carbocycles. The molecule has 1 atom stereocenters. The molecule has 0 aliphatic heterocycles. The monoisotopic (exact) mass is 355 g/mol. The van der Waals surface area contributed by atoms with Gasteiger partial charge in [-0.15, -0.1) is 0 Å². The van der Waals surface area contributed by atoms with Gasteiger partial charge in [-0.3, -0.25) is 4.79 Å². The van der Waals surface area contributed by atoms with Crippen molar-refractivity contribution >= 4 is 17.6 Å². The zero-order valence-electron chi connectivity index (χ0n) is 15.6. The molecule has 0 bridgehead atoms. The fourth-order valence-electron chi connectivity index (χ4n) is 2.31. The van der Waals surface area contributed by atoms with E-state index >= 15 is 0 Å². The molecule has 5 heteroatoms. The fraction of sp³-hybridized carbons (Fsp3) is 0.333. The lowest BCUT2D eigenvalue weighted by atomic mass is 10.1. The van der Waals surface area contributed by atoms with Crippen LogP contribution in [0.5, 0.6) is 5.75 Å². The van der Waals surface area contributed by atoms with Crippen molar-refractivity contribution in [1.29, 1.82) is 0 Å². The SMILES string of the molecule is CCc1cccc(OC(C)C(=O)Nc2ccc(C(=O)OC(C)C)cc2)c1. The number of rotatable bonds is 7. The molecule has 138 valence electrons. The first-order valence-corrected chi connectivity index (χ1v) is 8.76. The lowest BCUT2D eigenvalue weighted by Gasteiger charge is -2.15. The third kappa shape index (κ3) is 5.62. The molecule has 2 aromatic carbocycles. The second kappa shape index (κ2) is 9.04. The molecular formula is C21H25NO4. The van der Waals surface area contributed by atoms with Crippen LogP contribution in [0, 0.1) is 0 Å². The van der Waals surface area contributed by atoms with Gasteiger partial charge in [0.2, 0.25) is 0 Å². The zero-order chi connectivity index (χ0) is 19.1. The highest BCUT2D eigenvalue weighted by atomic mass is 16.5. The predicted octanol–water partition coefficient (Wildman–Crippen LogP) is 4.22. The summed E-state index contributed by atoms with van der Waals surface area (Å²) in [5.41, 5.74) is 2.19. The third-order valence-electron chi connectivity index (χ3n) is 3.72. The van der Waals surface area contributed by atoms with E-state index in [0.717, 1.165) is 12.0 Å². The fourth-order valence-corrected chi connectivity index (χ4v) is 2.31. The lowest BCUT2D eigenvalue weighted by molar-refractivity contribution is -0.122. The molecular weight excluding hydrogens is 330 g/mol. The lowest BCUT2D eigenvalue weighted by Crippen LogP contribution is -2.30. The Hall–Kier alpha value is -2.82. The summed E-state index contributed by atoms with van der Waals surface area (Å²) in [6.07, 6.45) is 0.0855. The molecule has 1 N–H and O–H groups in total. The van der Waals surface area contributed by atoms with Gasteiger partial charge >= 0.3 is 5.97 Å². The average molecular weight is 355 g/mol. The van der Waals surface area contributed by atoms with E-state index in [1.54, 1.807) is 45.0 Å². The largest absolute Gasteiger partial charge is 0.481 e. The molecule has 2 rings (SSSR count). The first-order valence-electron chi connectivity index (χ1n) is 8.76. The van der Waals surface area contributed by atoms with E-state index in [9.17, 15) is 9.59 Å². The number of nitrogens with one attached hydrogen (secondary N) is 1. The van der Waals surface area contributed by atoms with Gasteiger partial charge in [0.15, 0.2) is 6.10 Å². The van der Waals surface area contributed by atoms with E-state index < -0.39 is 6.10 Å². The van der Waals surface area contributed by atoms with Crippen molar-refractivity contribution in [2.45, 2.75) is 46.3 Å². The van der Waals surface area contributed by atoms with Crippen LogP contribution in [0.4, 0.5) is 5.69 Å². The maximum Gasteiger partial charge on any atom is 0.338 e. The van der Waals surface area contributed by atoms with Crippen molar-refractivity contribution in [3.63, 3.8) is 0 Å². The highest BCUT2D eigenvalue weighted by molar-refractivity contribution is 5.95. The second-order valence-electron chi connectivity index (χ2n) is 6.28. The number of aryl methyl sites for hydroxylation is 1. The van der Waals surface area contributed by atoms with E-state index in [-0.39, 0.29) is 18.0 Å². The summed E-state index contributed by atoms with van der Waals surface area (Å²) < 4.78 is 10.8. The molecule has 0 fully saturated rings. The van der Waals surface area contributed by atoms with Crippen LogP contribution >= 0.6 is 0 Å². The Morgan fingerprint density at radius 1 is 1.04 bits per heavy atom. The third-order valence-corrected chi connectivity index (χ3v) is 3.72. The average Bonchev–Trinajstić information content (AvgIpc) is 2.61. The van der Waals surface area contributed by atoms with Crippen molar-refractivity contribution in [3.05, 3.63) is 59.7 Å². The number of carbonyl (C=O) groups excluding carboxylic acids is 2. The van der Waals surface area contributed by atoms with Crippen LogP contribution in [0.1, 0.15) is 43.6 Å². The summed E-state index contributed by atoms with van der Waals surface area (Å²) in [6, 6.07) is 14.3. The zero-order valence-corrected chi connectivity index (χ0v) is 15.6.